The van der Waals surface area contributed by atoms with Crippen LogP contribution in [-0.4, -0.2) is 37.0 Å². The first-order valence-electron chi connectivity index (χ1n) is 9.77. The van der Waals surface area contributed by atoms with E-state index in [1.165, 1.54) is 37.1 Å². The van der Waals surface area contributed by atoms with Crippen LogP contribution in [0.4, 0.5) is 4.39 Å². The standard InChI is InChI=1S/C22H26ClFN2O2/c23-20-8-4-3-7-19(20)21(26-13-5-1-2-6-14-26)15-25-22(27)16-28-18-11-9-17(24)10-12-18/h3-4,7-12,21H,1-2,5-6,13-16H2,(H,25,27). The second-order valence-corrected chi connectivity index (χ2v) is 7.44. The summed E-state index contributed by atoms with van der Waals surface area (Å²) < 4.78 is 18.4. The van der Waals surface area contributed by atoms with Gasteiger partial charge in [-0.25, -0.2) is 4.39 Å². The fraction of sp³-hybridized carbons (Fsp3) is 0.409. The van der Waals surface area contributed by atoms with Crippen LogP contribution in [-0.2, 0) is 4.79 Å². The fourth-order valence-corrected chi connectivity index (χ4v) is 3.79. The topological polar surface area (TPSA) is 41.6 Å². The number of carbonyl (C=O) groups is 1. The first-order chi connectivity index (χ1) is 13.6. The Morgan fingerprint density at radius 3 is 2.43 bits per heavy atom. The maximum Gasteiger partial charge on any atom is 0.258 e. The number of benzene rings is 2. The highest BCUT2D eigenvalue weighted by Gasteiger charge is 2.24. The molecular weight excluding hydrogens is 379 g/mol. The molecule has 0 radical (unpaired) electrons. The molecule has 6 heteroatoms. The summed E-state index contributed by atoms with van der Waals surface area (Å²) in [4.78, 5) is 14.7. The van der Waals surface area contributed by atoms with Crippen molar-refractivity contribution >= 4 is 17.5 Å². The number of ether oxygens (including phenoxy) is 1. The number of nitrogens with zero attached hydrogens (tertiary/aromatic N) is 1. The molecule has 1 aliphatic heterocycles. The van der Waals surface area contributed by atoms with E-state index in [0.29, 0.717) is 17.3 Å². The summed E-state index contributed by atoms with van der Waals surface area (Å²) in [6.07, 6.45) is 4.79. The van der Waals surface area contributed by atoms with Crippen molar-refractivity contribution in [2.75, 3.05) is 26.2 Å². The monoisotopic (exact) mass is 404 g/mol. The maximum absolute atomic E-state index is 12.9. The number of nitrogens with one attached hydrogen (secondary N) is 1. The summed E-state index contributed by atoms with van der Waals surface area (Å²) in [7, 11) is 0. The molecule has 1 atom stereocenters. The highest BCUT2D eigenvalue weighted by Crippen LogP contribution is 2.29. The number of amides is 1. The summed E-state index contributed by atoms with van der Waals surface area (Å²) in [6, 6.07) is 13.5. The van der Waals surface area contributed by atoms with E-state index in [9.17, 15) is 9.18 Å². The van der Waals surface area contributed by atoms with Crippen molar-refractivity contribution in [2.24, 2.45) is 0 Å². The SMILES string of the molecule is O=C(COc1ccc(F)cc1)NCC(c1ccccc1Cl)N1CCCCCC1. The summed E-state index contributed by atoms with van der Waals surface area (Å²) >= 11 is 6.45. The van der Waals surface area contributed by atoms with Gasteiger partial charge in [0.2, 0.25) is 0 Å². The number of hydrogen-bond donors (Lipinski definition) is 1. The summed E-state index contributed by atoms with van der Waals surface area (Å²) in [5, 5.41) is 3.69. The Morgan fingerprint density at radius 1 is 1.07 bits per heavy atom. The van der Waals surface area contributed by atoms with E-state index in [1.54, 1.807) is 0 Å². The minimum absolute atomic E-state index is 0.0292. The molecule has 1 fully saturated rings. The largest absolute Gasteiger partial charge is 0.484 e. The normalized spacial score (nSPS) is 16.2. The van der Waals surface area contributed by atoms with Crippen LogP contribution in [0.5, 0.6) is 5.75 Å². The molecule has 2 aromatic rings. The van der Waals surface area contributed by atoms with E-state index in [0.717, 1.165) is 31.5 Å². The molecule has 0 bridgehead atoms. The zero-order valence-electron chi connectivity index (χ0n) is 15.9. The minimum Gasteiger partial charge on any atom is -0.484 e. The predicted octanol–water partition coefficient (Wildman–Crippen LogP) is 4.59. The molecule has 2 aromatic carbocycles. The zero-order chi connectivity index (χ0) is 19.8. The molecule has 1 amide bonds. The molecule has 150 valence electrons. The van der Waals surface area contributed by atoms with Crippen LogP contribution in [0.2, 0.25) is 5.02 Å². The second kappa shape index (κ2) is 10.4. The van der Waals surface area contributed by atoms with Gasteiger partial charge in [-0.05, 0) is 61.8 Å². The van der Waals surface area contributed by atoms with Crippen molar-refractivity contribution in [1.29, 1.82) is 0 Å². The molecule has 3 rings (SSSR count). The van der Waals surface area contributed by atoms with E-state index in [2.05, 4.69) is 10.2 Å². The molecule has 0 aromatic heterocycles. The van der Waals surface area contributed by atoms with Crippen molar-refractivity contribution in [3.8, 4) is 5.75 Å². The van der Waals surface area contributed by atoms with Crippen LogP contribution in [0, 0.1) is 5.82 Å². The van der Waals surface area contributed by atoms with Gasteiger partial charge in [-0.15, -0.1) is 0 Å². The summed E-state index contributed by atoms with van der Waals surface area (Å²) in [6.45, 7) is 2.35. The van der Waals surface area contributed by atoms with Gasteiger partial charge in [-0.3, -0.25) is 9.69 Å². The van der Waals surface area contributed by atoms with Crippen molar-refractivity contribution in [1.82, 2.24) is 10.2 Å². The third-order valence-electron chi connectivity index (χ3n) is 5.02. The minimum atomic E-state index is -0.336. The Hall–Kier alpha value is -2.11. The lowest BCUT2D eigenvalue weighted by molar-refractivity contribution is -0.123. The van der Waals surface area contributed by atoms with Crippen LogP contribution < -0.4 is 10.1 Å². The molecule has 0 saturated carbocycles. The fourth-order valence-electron chi connectivity index (χ4n) is 3.53. The van der Waals surface area contributed by atoms with Gasteiger partial charge in [0.15, 0.2) is 6.61 Å². The highest BCUT2D eigenvalue weighted by atomic mass is 35.5. The maximum atomic E-state index is 12.9. The molecule has 1 saturated heterocycles. The van der Waals surface area contributed by atoms with Crippen LogP contribution in [0.25, 0.3) is 0 Å². The van der Waals surface area contributed by atoms with E-state index in [-0.39, 0.29) is 24.4 Å². The number of halogens is 2. The molecule has 1 unspecified atom stereocenters. The molecule has 4 nitrogen and oxygen atoms in total. The molecule has 28 heavy (non-hydrogen) atoms. The van der Waals surface area contributed by atoms with Crippen LogP contribution >= 0.6 is 11.6 Å². The van der Waals surface area contributed by atoms with Gasteiger partial charge in [0.25, 0.3) is 5.91 Å². The summed E-state index contributed by atoms with van der Waals surface area (Å²) in [5.41, 5.74) is 1.03. The average Bonchev–Trinajstić information content (AvgIpc) is 2.98. The Bertz CT molecular complexity index is 761. The van der Waals surface area contributed by atoms with E-state index < -0.39 is 0 Å². The Balaban J connectivity index is 1.61. The number of likely N-dealkylation sites (tertiary alicyclic amines) is 1. The Morgan fingerprint density at radius 2 is 1.75 bits per heavy atom. The second-order valence-electron chi connectivity index (χ2n) is 7.03. The van der Waals surface area contributed by atoms with Crippen molar-refractivity contribution in [3.05, 3.63) is 64.9 Å². The molecule has 0 spiro atoms. The lowest BCUT2D eigenvalue weighted by Crippen LogP contribution is -2.40. The third-order valence-corrected chi connectivity index (χ3v) is 5.37. The Kier molecular flexibility index (Phi) is 7.69. The predicted molar refractivity (Wildman–Crippen MR) is 109 cm³/mol. The smallest absolute Gasteiger partial charge is 0.258 e. The van der Waals surface area contributed by atoms with Crippen molar-refractivity contribution in [3.63, 3.8) is 0 Å². The number of carbonyl (C=O) groups excluding carboxylic acids is 1. The number of rotatable bonds is 7. The van der Waals surface area contributed by atoms with Crippen LogP contribution in [0.1, 0.15) is 37.3 Å². The first kappa shape index (κ1) is 20.6. The van der Waals surface area contributed by atoms with Gasteiger partial charge in [-0.1, -0.05) is 42.6 Å². The summed E-state index contributed by atoms with van der Waals surface area (Å²) in [5.74, 6) is -0.0836. The molecule has 1 N–H and O–H groups in total. The van der Waals surface area contributed by atoms with Gasteiger partial charge in [0.1, 0.15) is 11.6 Å². The van der Waals surface area contributed by atoms with Gasteiger partial charge in [0.05, 0.1) is 6.04 Å². The average molecular weight is 405 g/mol. The third kappa shape index (κ3) is 5.94. The highest BCUT2D eigenvalue weighted by molar-refractivity contribution is 6.31. The molecular formula is C22H26ClFN2O2. The van der Waals surface area contributed by atoms with Gasteiger partial charge in [0, 0.05) is 11.6 Å². The molecule has 0 aliphatic carbocycles. The zero-order valence-corrected chi connectivity index (χ0v) is 16.6. The molecule has 1 heterocycles. The van der Waals surface area contributed by atoms with Gasteiger partial charge in [-0.2, -0.15) is 0 Å². The van der Waals surface area contributed by atoms with Crippen LogP contribution in [0.3, 0.4) is 0 Å². The Labute approximate surface area is 170 Å². The lowest BCUT2D eigenvalue weighted by Gasteiger charge is -2.31. The van der Waals surface area contributed by atoms with Crippen molar-refractivity contribution < 1.29 is 13.9 Å². The van der Waals surface area contributed by atoms with Gasteiger partial charge < -0.3 is 10.1 Å². The number of hydrogen-bond acceptors (Lipinski definition) is 3. The molecule has 1 aliphatic rings. The quantitative estimate of drug-likeness (QED) is 0.733. The van der Waals surface area contributed by atoms with E-state index >= 15 is 0 Å². The first-order valence-corrected chi connectivity index (χ1v) is 10.1. The van der Waals surface area contributed by atoms with Gasteiger partial charge >= 0.3 is 0 Å². The van der Waals surface area contributed by atoms with E-state index in [4.69, 9.17) is 16.3 Å². The van der Waals surface area contributed by atoms with Crippen LogP contribution in [0.15, 0.2) is 48.5 Å². The lowest BCUT2D eigenvalue weighted by atomic mass is 10.0. The van der Waals surface area contributed by atoms with E-state index in [1.807, 2.05) is 24.3 Å². The van der Waals surface area contributed by atoms with Crippen molar-refractivity contribution in [2.45, 2.75) is 31.7 Å².